The Morgan fingerprint density at radius 2 is 1.74 bits per heavy atom. The van der Waals surface area contributed by atoms with Gasteiger partial charge in [0, 0.05) is 11.3 Å². The van der Waals surface area contributed by atoms with Crippen LogP contribution in [0.1, 0.15) is 35.7 Å². The highest BCUT2D eigenvalue weighted by molar-refractivity contribution is 6.06. The van der Waals surface area contributed by atoms with Crippen molar-refractivity contribution in [2.45, 2.75) is 38.3 Å². The van der Waals surface area contributed by atoms with Crippen LogP contribution >= 0.6 is 0 Å². The second-order valence-corrected chi connectivity index (χ2v) is 7.17. The number of aryl methyl sites for hydroxylation is 1. The maximum Gasteiger partial charge on any atom is 0.327 e. The molecule has 2 atom stereocenters. The van der Waals surface area contributed by atoms with Gasteiger partial charge in [-0.3, -0.25) is 9.59 Å². The van der Waals surface area contributed by atoms with Crippen LogP contribution in [-0.4, -0.2) is 53.7 Å². The van der Waals surface area contributed by atoms with E-state index in [4.69, 9.17) is 4.74 Å². The van der Waals surface area contributed by atoms with E-state index in [9.17, 15) is 24.6 Å². The number of ketones is 1. The largest absolute Gasteiger partial charge is 0.508 e. The van der Waals surface area contributed by atoms with E-state index in [2.05, 4.69) is 10.6 Å². The van der Waals surface area contributed by atoms with Gasteiger partial charge in [0.25, 0.3) is 0 Å². The number of carboxylic acids is 1. The Morgan fingerprint density at radius 3 is 2.39 bits per heavy atom. The molecule has 8 heteroatoms. The van der Waals surface area contributed by atoms with Crippen LogP contribution in [0.15, 0.2) is 48.5 Å². The first-order valence-corrected chi connectivity index (χ1v) is 10.0. The molecular weight excluding hydrogens is 400 g/mol. The summed E-state index contributed by atoms with van der Waals surface area (Å²) in [5, 5.41) is 24.6. The third-order valence-corrected chi connectivity index (χ3v) is 4.78. The number of nitrogens with one attached hydrogen (secondary N) is 2. The highest BCUT2D eigenvalue weighted by atomic mass is 16.5. The molecule has 2 aromatic carbocycles. The summed E-state index contributed by atoms with van der Waals surface area (Å²) in [5.74, 6) is -1.73. The number of benzene rings is 2. The molecule has 0 aliphatic carbocycles. The lowest BCUT2D eigenvalue weighted by molar-refractivity contribution is -0.141. The lowest BCUT2D eigenvalue weighted by Crippen LogP contribution is -2.40. The minimum absolute atomic E-state index is 0.197. The van der Waals surface area contributed by atoms with Crippen LogP contribution in [0.2, 0.25) is 0 Å². The Bertz CT molecular complexity index is 897. The number of carbonyl (C=O) groups is 3. The Kier molecular flexibility index (Phi) is 9.02. The monoisotopic (exact) mass is 428 g/mol. The number of aliphatic carboxylic acids is 1. The molecule has 8 nitrogen and oxygen atoms in total. The molecule has 166 valence electrons. The van der Waals surface area contributed by atoms with Crippen LogP contribution in [0.5, 0.6) is 5.75 Å². The summed E-state index contributed by atoms with van der Waals surface area (Å²) in [5.41, 5.74) is 1.77. The molecule has 0 saturated heterocycles. The van der Waals surface area contributed by atoms with Crippen molar-refractivity contribution in [2.24, 2.45) is 0 Å². The molecule has 2 rings (SSSR count). The Morgan fingerprint density at radius 1 is 1.06 bits per heavy atom. The molecular formula is C23H28N2O6. The third kappa shape index (κ3) is 7.42. The number of hydrogen-bond acceptors (Lipinski definition) is 7. The van der Waals surface area contributed by atoms with Gasteiger partial charge >= 0.3 is 11.9 Å². The van der Waals surface area contributed by atoms with E-state index >= 15 is 0 Å². The molecule has 0 spiro atoms. The molecule has 0 aliphatic rings. The van der Waals surface area contributed by atoms with E-state index in [1.807, 2.05) is 12.1 Å². The molecule has 0 radical (unpaired) electrons. The summed E-state index contributed by atoms with van der Waals surface area (Å²) >= 11 is 0. The number of anilines is 1. The number of hydrogen-bond donors (Lipinski definition) is 4. The molecule has 0 fully saturated rings. The van der Waals surface area contributed by atoms with Gasteiger partial charge in [0.15, 0.2) is 5.78 Å². The molecule has 0 bridgehead atoms. The molecule has 31 heavy (non-hydrogen) atoms. The molecule has 0 saturated carbocycles. The van der Waals surface area contributed by atoms with Gasteiger partial charge in [0.2, 0.25) is 0 Å². The second-order valence-electron chi connectivity index (χ2n) is 7.17. The van der Waals surface area contributed by atoms with Crippen LogP contribution in [-0.2, 0) is 20.7 Å². The number of esters is 1. The van der Waals surface area contributed by atoms with E-state index in [1.54, 1.807) is 43.3 Å². The number of aromatic hydroxyl groups is 1. The first-order chi connectivity index (χ1) is 14.8. The van der Waals surface area contributed by atoms with Crippen molar-refractivity contribution in [3.63, 3.8) is 0 Å². The van der Waals surface area contributed by atoms with Crippen LogP contribution in [0.25, 0.3) is 0 Å². The van der Waals surface area contributed by atoms with Gasteiger partial charge in [0.05, 0.1) is 19.6 Å². The Balaban J connectivity index is 2.06. The molecule has 2 aromatic rings. The maximum atomic E-state index is 13.1. The number of Topliss-reactive ketones (excluding diaryl/α,β-unsaturated/α-hetero) is 1. The number of para-hydroxylation sites is 1. The number of methoxy groups -OCH3 is 1. The van der Waals surface area contributed by atoms with Crippen molar-refractivity contribution in [2.75, 3.05) is 19.0 Å². The first-order valence-electron chi connectivity index (χ1n) is 10.0. The quantitative estimate of drug-likeness (QED) is 0.231. The Hall–Kier alpha value is -3.39. The minimum atomic E-state index is -1.09. The number of rotatable bonds is 12. The first kappa shape index (κ1) is 23.9. The number of phenolic OH excluding ortho intramolecular Hbond substituents is 1. The summed E-state index contributed by atoms with van der Waals surface area (Å²) in [4.78, 5) is 36.2. The standard InChI is InChI=1S/C23H28N2O6/c1-15(23(30)31-2)25-19-8-4-3-7-18(19)22(29)20(14-21(27)28)24-13-5-6-16-9-11-17(26)12-10-16/h3-4,7-12,15,20,24-26H,5-6,13-14H2,1-2H3,(H,27,28)/t15?,20-/m0/s1. The smallest absolute Gasteiger partial charge is 0.327 e. The summed E-state index contributed by atoms with van der Waals surface area (Å²) in [6.07, 6.45) is 1.04. The van der Waals surface area contributed by atoms with Gasteiger partial charge < -0.3 is 25.6 Å². The zero-order valence-electron chi connectivity index (χ0n) is 17.6. The zero-order chi connectivity index (χ0) is 22.8. The molecule has 0 amide bonds. The molecule has 1 unspecified atom stereocenters. The highest BCUT2D eigenvalue weighted by Crippen LogP contribution is 2.19. The summed E-state index contributed by atoms with van der Waals surface area (Å²) < 4.78 is 4.70. The summed E-state index contributed by atoms with van der Waals surface area (Å²) in [6.45, 7) is 2.06. The van der Waals surface area contributed by atoms with Crippen LogP contribution in [0, 0.1) is 0 Å². The van der Waals surface area contributed by atoms with E-state index in [0.29, 0.717) is 24.2 Å². The fourth-order valence-corrected chi connectivity index (χ4v) is 3.14. The van der Waals surface area contributed by atoms with E-state index in [0.717, 1.165) is 12.0 Å². The van der Waals surface area contributed by atoms with Crippen molar-refractivity contribution in [1.82, 2.24) is 5.32 Å². The highest BCUT2D eigenvalue weighted by Gasteiger charge is 2.25. The molecule has 4 N–H and O–H groups in total. The lowest BCUT2D eigenvalue weighted by atomic mass is 9.99. The predicted molar refractivity (Wildman–Crippen MR) is 116 cm³/mol. The summed E-state index contributed by atoms with van der Waals surface area (Å²) in [7, 11) is 1.28. The van der Waals surface area contributed by atoms with Gasteiger partial charge in [-0.25, -0.2) is 4.79 Å². The second kappa shape index (κ2) is 11.7. The van der Waals surface area contributed by atoms with Crippen LogP contribution in [0.4, 0.5) is 5.69 Å². The van der Waals surface area contributed by atoms with E-state index < -0.39 is 24.0 Å². The number of carbonyl (C=O) groups excluding carboxylic acids is 2. The topological polar surface area (TPSA) is 125 Å². The molecule has 0 heterocycles. The SMILES string of the molecule is COC(=O)C(C)Nc1ccccc1C(=O)[C@H](CC(=O)O)NCCCc1ccc(O)cc1. The third-order valence-electron chi connectivity index (χ3n) is 4.78. The van der Waals surface area contributed by atoms with Crippen molar-refractivity contribution in [1.29, 1.82) is 0 Å². The van der Waals surface area contributed by atoms with Gasteiger partial charge in [-0.1, -0.05) is 24.3 Å². The predicted octanol–water partition coefficient (Wildman–Crippen LogP) is 2.61. The number of ether oxygens (including phenoxy) is 1. The average molecular weight is 428 g/mol. The summed E-state index contributed by atoms with van der Waals surface area (Å²) in [6, 6.07) is 11.9. The number of phenols is 1. The fourth-order valence-electron chi connectivity index (χ4n) is 3.14. The Labute approximate surface area is 181 Å². The van der Waals surface area contributed by atoms with Crippen LogP contribution < -0.4 is 10.6 Å². The molecule has 0 aromatic heterocycles. The zero-order valence-corrected chi connectivity index (χ0v) is 17.6. The minimum Gasteiger partial charge on any atom is -0.508 e. The van der Waals surface area contributed by atoms with Gasteiger partial charge in [-0.2, -0.15) is 0 Å². The van der Waals surface area contributed by atoms with E-state index in [1.165, 1.54) is 7.11 Å². The number of carboxylic acid groups (broad SMARTS) is 1. The van der Waals surface area contributed by atoms with Gasteiger partial charge in [-0.15, -0.1) is 0 Å². The van der Waals surface area contributed by atoms with Crippen molar-refractivity contribution < 1.29 is 29.3 Å². The normalized spacial score (nSPS) is 12.6. The maximum absolute atomic E-state index is 13.1. The lowest BCUT2D eigenvalue weighted by Gasteiger charge is -2.20. The van der Waals surface area contributed by atoms with Crippen molar-refractivity contribution in [3.05, 3.63) is 59.7 Å². The van der Waals surface area contributed by atoms with E-state index in [-0.39, 0.29) is 18.0 Å². The van der Waals surface area contributed by atoms with Crippen molar-refractivity contribution >= 4 is 23.4 Å². The van der Waals surface area contributed by atoms with Gasteiger partial charge in [0.1, 0.15) is 11.8 Å². The molecule has 0 aliphatic heterocycles. The van der Waals surface area contributed by atoms with Gasteiger partial charge in [-0.05, 0) is 56.1 Å². The fraction of sp³-hybridized carbons (Fsp3) is 0.348. The van der Waals surface area contributed by atoms with Crippen molar-refractivity contribution in [3.8, 4) is 5.75 Å². The van der Waals surface area contributed by atoms with Crippen LogP contribution in [0.3, 0.4) is 0 Å². The average Bonchev–Trinajstić information content (AvgIpc) is 2.76.